The first-order valence-corrected chi connectivity index (χ1v) is 9.62. The Morgan fingerprint density at radius 1 is 1.19 bits per heavy atom. The van der Waals surface area contributed by atoms with Crippen molar-refractivity contribution in [1.82, 2.24) is 10.3 Å². The summed E-state index contributed by atoms with van der Waals surface area (Å²) in [6.07, 6.45) is 0.292. The van der Waals surface area contributed by atoms with E-state index in [1.54, 1.807) is 4.90 Å². The van der Waals surface area contributed by atoms with Gasteiger partial charge >= 0.3 is 6.03 Å². The number of amides is 3. The Morgan fingerprint density at radius 2 is 2.00 bits per heavy atom. The van der Waals surface area contributed by atoms with Gasteiger partial charge in [-0.3, -0.25) is 10.1 Å². The van der Waals surface area contributed by atoms with Gasteiger partial charge in [-0.25, -0.2) is 9.78 Å². The van der Waals surface area contributed by atoms with Crippen molar-refractivity contribution in [2.24, 2.45) is 0 Å². The van der Waals surface area contributed by atoms with Crippen molar-refractivity contribution >= 4 is 44.3 Å². The number of aromatic nitrogens is 1. The maximum absolute atomic E-state index is 12.4. The maximum atomic E-state index is 12.4. The Labute approximate surface area is 161 Å². The molecular formula is C20H20N4O2S. The molecule has 1 saturated heterocycles. The van der Waals surface area contributed by atoms with E-state index in [9.17, 15) is 9.59 Å². The fraction of sp³-hybridized carbons (Fsp3) is 0.250. The van der Waals surface area contributed by atoms with Crippen LogP contribution in [-0.4, -0.2) is 29.5 Å². The van der Waals surface area contributed by atoms with Crippen LogP contribution >= 0.6 is 11.3 Å². The van der Waals surface area contributed by atoms with Crippen LogP contribution in [0, 0.1) is 13.8 Å². The van der Waals surface area contributed by atoms with E-state index in [0.29, 0.717) is 18.1 Å². The minimum Gasteiger partial charge on any atom is -0.333 e. The molecule has 3 aromatic rings. The number of aryl methyl sites for hydroxylation is 2. The molecule has 1 aliphatic heterocycles. The van der Waals surface area contributed by atoms with Gasteiger partial charge in [0, 0.05) is 18.7 Å². The Morgan fingerprint density at radius 3 is 2.78 bits per heavy atom. The van der Waals surface area contributed by atoms with Crippen LogP contribution in [0.1, 0.15) is 17.5 Å². The van der Waals surface area contributed by atoms with Gasteiger partial charge in [-0.05, 0) is 49.2 Å². The van der Waals surface area contributed by atoms with Crippen molar-refractivity contribution < 1.29 is 9.59 Å². The first-order valence-electron chi connectivity index (χ1n) is 8.80. The standard InChI is InChI=1S/C20H20N4O2S/c1-12-7-8-15(9-13(12)2)24-11-14(10-18(24)25)21-19(26)23-20-22-16-5-3-4-6-17(16)27-20/h3-9,14H,10-11H2,1-2H3,(H2,21,22,23,26)/t14-/m0/s1. The summed E-state index contributed by atoms with van der Waals surface area (Å²) in [6.45, 7) is 4.54. The van der Waals surface area contributed by atoms with Gasteiger partial charge in [0.15, 0.2) is 5.13 Å². The molecule has 0 radical (unpaired) electrons. The Balaban J connectivity index is 1.40. The highest BCUT2D eigenvalue weighted by molar-refractivity contribution is 7.22. The molecule has 2 N–H and O–H groups in total. The highest BCUT2D eigenvalue weighted by Crippen LogP contribution is 2.26. The van der Waals surface area contributed by atoms with Crippen molar-refractivity contribution in [3.05, 3.63) is 53.6 Å². The molecule has 4 rings (SSSR count). The van der Waals surface area contributed by atoms with Crippen LogP contribution in [0.25, 0.3) is 10.2 Å². The number of hydrogen-bond donors (Lipinski definition) is 2. The Hall–Kier alpha value is -2.93. The average Bonchev–Trinajstić information content (AvgIpc) is 3.19. The summed E-state index contributed by atoms with van der Waals surface area (Å²) in [6, 6.07) is 13.1. The Bertz CT molecular complexity index is 997. The van der Waals surface area contributed by atoms with Crippen LogP contribution in [0.3, 0.4) is 0 Å². The van der Waals surface area contributed by atoms with Crippen LogP contribution < -0.4 is 15.5 Å². The number of anilines is 2. The third-order valence-corrected chi connectivity index (χ3v) is 5.73. The van der Waals surface area contributed by atoms with E-state index in [-0.39, 0.29) is 18.0 Å². The number of urea groups is 1. The van der Waals surface area contributed by atoms with E-state index in [1.807, 2.05) is 56.3 Å². The number of carbonyl (C=O) groups is 2. The minimum atomic E-state index is -0.339. The second-order valence-electron chi connectivity index (χ2n) is 6.76. The topological polar surface area (TPSA) is 74.3 Å². The molecule has 7 heteroatoms. The van der Waals surface area contributed by atoms with E-state index in [4.69, 9.17) is 0 Å². The van der Waals surface area contributed by atoms with Crippen molar-refractivity contribution in [2.45, 2.75) is 26.3 Å². The summed E-state index contributed by atoms with van der Waals surface area (Å²) in [4.78, 5) is 30.8. The fourth-order valence-corrected chi connectivity index (χ4v) is 4.05. The molecule has 2 aromatic carbocycles. The number of thiazole rings is 1. The van der Waals surface area contributed by atoms with E-state index in [0.717, 1.165) is 21.5 Å². The van der Waals surface area contributed by atoms with Gasteiger partial charge in [-0.15, -0.1) is 0 Å². The van der Waals surface area contributed by atoms with Gasteiger partial charge in [0.1, 0.15) is 0 Å². The molecule has 2 heterocycles. The van der Waals surface area contributed by atoms with Gasteiger partial charge in [0.25, 0.3) is 0 Å². The molecule has 138 valence electrons. The molecule has 3 amide bonds. The van der Waals surface area contributed by atoms with Gasteiger partial charge in [0.05, 0.1) is 16.3 Å². The number of benzene rings is 2. The number of hydrogen-bond acceptors (Lipinski definition) is 4. The van der Waals surface area contributed by atoms with Crippen LogP contribution in [0.15, 0.2) is 42.5 Å². The lowest BCUT2D eigenvalue weighted by Crippen LogP contribution is -2.39. The highest BCUT2D eigenvalue weighted by Gasteiger charge is 2.31. The maximum Gasteiger partial charge on any atom is 0.321 e. The predicted molar refractivity (Wildman–Crippen MR) is 108 cm³/mol. The fourth-order valence-electron chi connectivity index (χ4n) is 3.19. The first-order chi connectivity index (χ1) is 13.0. The van der Waals surface area contributed by atoms with E-state index >= 15 is 0 Å². The largest absolute Gasteiger partial charge is 0.333 e. The third-order valence-electron chi connectivity index (χ3n) is 4.78. The smallest absolute Gasteiger partial charge is 0.321 e. The summed E-state index contributed by atoms with van der Waals surface area (Å²) in [5, 5.41) is 6.20. The molecule has 1 aliphatic rings. The predicted octanol–water partition coefficient (Wildman–Crippen LogP) is 3.84. The lowest BCUT2D eigenvalue weighted by molar-refractivity contribution is -0.117. The molecular weight excluding hydrogens is 360 g/mol. The van der Waals surface area contributed by atoms with Gasteiger partial charge in [-0.1, -0.05) is 29.5 Å². The molecule has 1 aromatic heterocycles. The summed E-state index contributed by atoms with van der Waals surface area (Å²) in [7, 11) is 0. The number of rotatable bonds is 3. The zero-order valence-corrected chi connectivity index (χ0v) is 16.0. The molecule has 6 nitrogen and oxygen atoms in total. The van der Waals surface area contributed by atoms with Crippen molar-refractivity contribution in [3.63, 3.8) is 0 Å². The molecule has 0 aliphatic carbocycles. The number of fused-ring (bicyclic) bond motifs is 1. The van der Waals surface area contributed by atoms with Crippen molar-refractivity contribution in [1.29, 1.82) is 0 Å². The minimum absolute atomic E-state index is 0.0172. The van der Waals surface area contributed by atoms with Crippen LogP contribution in [0.5, 0.6) is 0 Å². The van der Waals surface area contributed by atoms with Crippen LogP contribution in [-0.2, 0) is 4.79 Å². The molecule has 27 heavy (non-hydrogen) atoms. The summed E-state index contributed by atoms with van der Waals surface area (Å²) < 4.78 is 1.02. The number of para-hydroxylation sites is 1. The molecule has 0 bridgehead atoms. The van der Waals surface area contributed by atoms with Gasteiger partial charge < -0.3 is 10.2 Å². The molecule has 1 atom stereocenters. The monoisotopic (exact) mass is 380 g/mol. The van der Waals surface area contributed by atoms with Crippen molar-refractivity contribution in [2.75, 3.05) is 16.8 Å². The van der Waals surface area contributed by atoms with E-state index in [1.165, 1.54) is 16.9 Å². The SMILES string of the molecule is Cc1ccc(N2C[C@@H](NC(=O)Nc3nc4ccccc4s3)CC2=O)cc1C. The molecule has 0 saturated carbocycles. The van der Waals surface area contributed by atoms with Crippen molar-refractivity contribution in [3.8, 4) is 0 Å². The third kappa shape index (κ3) is 3.64. The van der Waals surface area contributed by atoms with Gasteiger partial charge in [0.2, 0.25) is 5.91 Å². The summed E-state index contributed by atoms with van der Waals surface area (Å²) >= 11 is 1.42. The van der Waals surface area contributed by atoms with Crippen LogP contribution in [0.4, 0.5) is 15.6 Å². The Kier molecular flexibility index (Phi) is 4.53. The van der Waals surface area contributed by atoms with E-state index < -0.39 is 0 Å². The summed E-state index contributed by atoms with van der Waals surface area (Å²) in [5.41, 5.74) is 4.06. The molecule has 0 spiro atoms. The number of nitrogens with zero attached hydrogens (tertiary/aromatic N) is 2. The quantitative estimate of drug-likeness (QED) is 0.725. The first kappa shape index (κ1) is 17.5. The summed E-state index contributed by atoms with van der Waals surface area (Å²) in [5.74, 6) is 0.0172. The van der Waals surface area contributed by atoms with E-state index in [2.05, 4.69) is 15.6 Å². The van der Waals surface area contributed by atoms with Crippen LogP contribution in [0.2, 0.25) is 0 Å². The normalized spacial score (nSPS) is 16.7. The number of nitrogens with one attached hydrogen (secondary N) is 2. The molecule has 0 unspecified atom stereocenters. The lowest BCUT2D eigenvalue weighted by Gasteiger charge is -2.18. The highest BCUT2D eigenvalue weighted by atomic mass is 32.1. The lowest BCUT2D eigenvalue weighted by atomic mass is 10.1. The second kappa shape index (κ2) is 7.00. The zero-order valence-electron chi connectivity index (χ0n) is 15.2. The number of carbonyl (C=O) groups excluding carboxylic acids is 2. The zero-order chi connectivity index (χ0) is 19.0. The van der Waals surface area contributed by atoms with Gasteiger partial charge in [-0.2, -0.15) is 0 Å². The average molecular weight is 380 g/mol. The molecule has 1 fully saturated rings. The second-order valence-corrected chi connectivity index (χ2v) is 7.79.